The lowest BCUT2D eigenvalue weighted by Gasteiger charge is -2.09. The number of nitrogens with one attached hydrogen (secondary N) is 1. The maximum atomic E-state index is 6.12. The predicted molar refractivity (Wildman–Crippen MR) is 75.9 cm³/mol. The molecule has 0 aliphatic heterocycles. The molecule has 0 saturated heterocycles. The number of rotatable bonds is 3. The summed E-state index contributed by atoms with van der Waals surface area (Å²) in [5.74, 6) is 1.73. The highest BCUT2D eigenvalue weighted by molar-refractivity contribution is 14.1. The van der Waals surface area contributed by atoms with Crippen molar-refractivity contribution in [1.82, 2.24) is 19.9 Å². The van der Waals surface area contributed by atoms with E-state index in [4.69, 9.17) is 11.6 Å². The van der Waals surface area contributed by atoms with Gasteiger partial charge in [0.1, 0.15) is 5.15 Å². The van der Waals surface area contributed by atoms with Crippen LogP contribution in [0.3, 0.4) is 0 Å². The first-order valence-corrected chi connectivity index (χ1v) is 6.75. The van der Waals surface area contributed by atoms with Crippen molar-refractivity contribution < 1.29 is 0 Å². The molecule has 0 saturated carbocycles. The molecule has 6 heteroatoms. The van der Waals surface area contributed by atoms with Gasteiger partial charge in [-0.25, -0.2) is 15.0 Å². The number of imidazole rings is 1. The zero-order chi connectivity index (χ0) is 12.4. The second-order valence-corrected chi connectivity index (χ2v) is 5.57. The molecule has 1 N–H and O–H groups in total. The monoisotopic (exact) mass is 362 g/mol. The summed E-state index contributed by atoms with van der Waals surface area (Å²) in [5.41, 5.74) is 0.979. The number of nitrogens with zero attached hydrogens (tertiary/aromatic N) is 3. The first-order chi connectivity index (χ1) is 8.08. The molecule has 2 heterocycles. The fourth-order valence-corrected chi connectivity index (χ4v) is 2.13. The van der Waals surface area contributed by atoms with E-state index in [2.05, 4.69) is 56.4 Å². The quantitative estimate of drug-likeness (QED) is 0.673. The molecule has 0 aliphatic carbocycles. The van der Waals surface area contributed by atoms with Gasteiger partial charge in [-0.3, -0.25) is 0 Å². The highest BCUT2D eigenvalue weighted by Gasteiger charge is 2.14. The van der Waals surface area contributed by atoms with Crippen molar-refractivity contribution in [1.29, 1.82) is 0 Å². The number of hydrogen-bond donors (Lipinski definition) is 1. The molecule has 0 aromatic carbocycles. The minimum absolute atomic E-state index is 0.489. The van der Waals surface area contributed by atoms with Crippen molar-refractivity contribution in [3.05, 3.63) is 26.8 Å². The minimum atomic E-state index is 0.489. The number of halogens is 2. The maximum Gasteiger partial charge on any atom is 0.197 e. The lowest BCUT2D eigenvalue weighted by Crippen LogP contribution is -2.05. The zero-order valence-corrected chi connectivity index (χ0v) is 12.5. The van der Waals surface area contributed by atoms with E-state index in [1.807, 2.05) is 0 Å². The van der Waals surface area contributed by atoms with Crippen LogP contribution in [0.2, 0.25) is 5.15 Å². The van der Waals surface area contributed by atoms with Crippen LogP contribution in [0, 0.1) is 9.49 Å². The lowest BCUT2D eigenvalue weighted by molar-refractivity contribution is 0.632. The molecule has 4 nitrogen and oxygen atoms in total. The summed E-state index contributed by atoms with van der Waals surface area (Å²) in [6.45, 7) is 4.30. The molecule has 90 valence electrons. The van der Waals surface area contributed by atoms with E-state index in [-0.39, 0.29) is 0 Å². The molecule has 0 radical (unpaired) electrons. The van der Waals surface area contributed by atoms with Crippen molar-refractivity contribution in [3.8, 4) is 11.6 Å². The normalized spacial score (nSPS) is 11.1. The van der Waals surface area contributed by atoms with Gasteiger partial charge in [-0.15, -0.1) is 0 Å². The Morgan fingerprint density at radius 2 is 2.18 bits per heavy atom. The molecule has 0 spiro atoms. The standard InChI is InChI=1S/C11H12ClIN4/c1-6(2)5-7-8(13)9(12)17-11(16-7)10-14-3-4-15-10/h3-4,6H,5H2,1-2H3,(H,14,15). The van der Waals surface area contributed by atoms with E-state index < -0.39 is 0 Å². The van der Waals surface area contributed by atoms with Gasteiger partial charge in [0.05, 0.1) is 9.26 Å². The van der Waals surface area contributed by atoms with Gasteiger partial charge < -0.3 is 4.98 Å². The Hall–Kier alpha value is -0.690. The number of hydrogen-bond acceptors (Lipinski definition) is 3. The van der Waals surface area contributed by atoms with E-state index in [1.165, 1.54) is 0 Å². The Labute approximate surface area is 118 Å². The van der Waals surface area contributed by atoms with E-state index in [0.29, 0.717) is 22.7 Å². The Morgan fingerprint density at radius 3 is 2.76 bits per heavy atom. The second kappa shape index (κ2) is 5.30. The Balaban J connectivity index is 2.46. The average Bonchev–Trinajstić information content (AvgIpc) is 2.77. The molecule has 2 aromatic heterocycles. The molecule has 2 aromatic rings. The third-order valence-electron chi connectivity index (χ3n) is 2.19. The predicted octanol–water partition coefficient (Wildman–Crippen LogP) is 3.32. The van der Waals surface area contributed by atoms with Crippen LogP contribution in [0.5, 0.6) is 0 Å². The van der Waals surface area contributed by atoms with Crippen molar-refractivity contribution in [3.63, 3.8) is 0 Å². The Kier molecular flexibility index (Phi) is 3.98. The molecule has 0 aliphatic rings. The zero-order valence-electron chi connectivity index (χ0n) is 9.54. The van der Waals surface area contributed by atoms with Crippen LogP contribution in [-0.2, 0) is 6.42 Å². The number of aromatic amines is 1. The molecular formula is C11H12ClIN4. The van der Waals surface area contributed by atoms with Crippen molar-refractivity contribution >= 4 is 34.2 Å². The summed E-state index contributed by atoms with van der Waals surface area (Å²) >= 11 is 8.30. The third-order valence-corrected chi connectivity index (χ3v) is 3.92. The third kappa shape index (κ3) is 2.95. The van der Waals surface area contributed by atoms with Crippen molar-refractivity contribution in [2.75, 3.05) is 0 Å². The largest absolute Gasteiger partial charge is 0.342 e. The van der Waals surface area contributed by atoms with Gasteiger partial charge in [-0.05, 0) is 34.9 Å². The van der Waals surface area contributed by atoms with Crippen LogP contribution in [0.25, 0.3) is 11.6 Å². The molecule has 17 heavy (non-hydrogen) atoms. The summed E-state index contributed by atoms with van der Waals surface area (Å²) in [6.07, 6.45) is 4.30. The molecule has 0 fully saturated rings. The Morgan fingerprint density at radius 1 is 1.41 bits per heavy atom. The highest BCUT2D eigenvalue weighted by atomic mass is 127. The SMILES string of the molecule is CC(C)Cc1nc(-c2ncc[nH]2)nc(Cl)c1I. The second-order valence-electron chi connectivity index (χ2n) is 4.13. The number of H-pyrrole nitrogens is 1. The lowest BCUT2D eigenvalue weighted by atomic mass is 10.1. The minimum Gasteiger partial charge on any atom is -0.342 e. The first-order valence-electron chi connectivity index (χ1n) is 5.29. The summed E-state index contributed by atoms with van der Waals surface area (Å²) in [6, 6.07) is 0. The maximum absolute atomic E-state index is 6.12. The van der Waals surface area contributed by atoms with Crippen LogP contribution in [-0.4, -0.2) is 19.9 Å². The van der Waals surface area contributed by atoms with Gasteiger partial charge in [-0.1, -0.05) is 25.4 Å². The van der Waals surface area contributed by atoms with E-state index in [9.17, 15) is 0 Å². The van der Waals surface area contributed by atoms with Crippen LogP contribution >= 0.6 is 34.2 Å². The summed E-state index contributed by atoms with van der Waals surface area (Å²) in [4.78, 5) is 15.9. The molecule has 0 unspecified atom stereocenters. The summed E-state index contributed by atoms with van der Waals surface area (Å²) in [5, 5.41) is 0.489. The van der Waals surface area contributed by atoms with E-state index in [0.717, 1.165) is 15.7 Å². The molecule has 0 atom stereocenters. The van der Waals surface area contributed by atoms with Crippen LogP contribution in [0.1, 0.15) is 19.5 Å². The fourth-order valence-electron chi connectivity index (χ4n) is 1.48. The van der Waals surface area contributed by atoms with Gasteiger partial charge in [-0.2, -0.15) is 0 Å². The van der Waals surface area contributed by atoms with Gasteiger partial charge in [0.25, 0.3) is 0 Å². The fraction of sp³-hybridized carbons (Fsp3) is 0.364. The van der Waals surface area contributed by atoms with Gasteiger partial charge in [0, 0.05) is 12.4 Å². The smallest absolute Gasteiger partial charge is 0.197 e. The highest BCUT2D eigenvalue weighted by Crippen LogP contribution is 2.24. The van der Waals surface area contributed by atoms with Crippen molar-refractivity contribution in [2.24, 2.45) is 5.92 Å². The summed E-state index contributed by atoms with van der Waals surface area (Å²) in [7, 11) is 0. The molecular weight excluding hydrogens is 351 g/mol. The van der Waals surface area contributed by atoms with Crippen LogP contribution in [0.15, 0.2) is 12.4 Å². The van der Waals surface area contributed by atoms with Crippen LogP contribution < -0.4 is 0 Å². The van der Waals surface area contributed by atoms with Gasteiger partial charge in [0.15, 0.2) is 11.6 Å². The topological polar surface area (TPSA) is 54.5 Å². The molecule has 0 amide bonds. The van der Waals surface area contributed by atoms with E-state index in [1.54, 1.807) is 12.4 Å². The van der Waals surface area contributed by atoms with Gasteiger partial charge >= 0.3 is 0 Å². The molecule has 0 bridgehead atoms. The average molecular weight is 363 g/mol. The summed E-state index contributed by atoms with van der Waals surface area (Å²) < 4.78 is 0.924. The first kappa shape index (κ1) is 12.8. The van der Waals surface area contributed by atoms with Gasteiger partial charge in [0.2, 0.25) is 0 Å². The molecule has 2 rings (SSSR count). The van der Waals surface area contributed by atoms with Crippen molar-refractivity contribution in [2.45, 2.75) is 20.3 Å². The Bertz CT molecular complexity index is 510. The van der Waals surface area contributed by atoms with Crippen LogP contribution in [0.4, 0.5) is 0 Å². The number of aromatic nitrogens is 4. The van der Waals surface area contributed by atoms with E-state index >= 15 is 0 Å².